The molecule has 2 aliphatic carbocycles. The van der Waals surface area contributed by atoms with Crippen LogP contribution in [0.2, 0.25) is 0 Å². The van der Waals surface area contributed by atoms with Gasteiger partial charge in [-0.3, -0.25) is 0 Å². The number of rotatable bonds is 5. The molecule has 8 aromatic carbocycles. The van der Waals surface area contributed by atoms with Crippen LogP contribution in [0.1, 0.15) is 23.2 Å². The van der Waals surface area contributed by atoms with E-state index in [0.29, 0.717) is 0 Å². The molecular weight excluding hydrogens is 781 g/mol. The number of allylic oxidation sites excluding steroid dienone is 5. The number of hydrogen-bond acceptors (Lipinski definition) is 2. The van der Waals surface area contributed by atoms with Gasteiger partial charge in [0, 0.05) is 60.8 Å². The molecule has 0 atom stereocenters. The molecule has 2 aliphatic rings. The fraction of sp³-hybridized carbons (Fsp3) is 0.0333. The van der Waals surface area contributed by atoms with Crippen molar-refractivity contribution in [1.29, 1.82) is 0 Å². The van der Waals surface area contributed by atoms with Crippen LogP contribution in [-0.2, 0) is 6.42 Å². The van der Waals surface area contributed by atoms with Crippen LogP contribution in [0.3, 0.4) is 0 Å². The Morgan fingerprint density at radius 2 is 1.08 bits per heavy atom. The fourth-order valence-electron chi connectivity index (χ4n) is 10.5. The van der Waals surface area contributed by atoms with Gasteiger partial charge in [0.1, 0.15) is 22.3 Å². The van der Waals surface area contributed by atoms with Crippen LogP contribution in [-0.4, -0.2) is 9.13 Å². The molecule has 0 amide bonds. The normalized spacial score (nSPS) is 13.5. The molecule has 0 fully saturated rings. The SMILES string of the molecule is C1=C=CC(c2cccc(-c3ccc(-n4c5c(c6c7c8cc(-c9ccc%10c(c9)oc9ccccc9%10)ccc8n(-c8ccc9c(c8)oc8ccccc89)c7ccc64)CCC=C5)cc3)c2)=CC=1. The minimum absolute atomic E-state index is 0.881. The van der Waals surface area contributed by atoms with E-state index in [-0.39, 0.29) is 0 Å². The van der Waals surface area contributed by atoms with Gasteiger partial charge in [0.25, 0.3) is 0 Å². The van der Waals surface area contributed by atoms with Gasteiger partial charge in [0.2, 0.25) is 0 Å². The molecule has 0 radical (unpaired) electrons. The number of fused-ring (bicyclic) bond motifs is 13. The average molecular weight is 817 g/mol. The molecular formula is C60H36N2O2. The lowest BCUT2D eigenvalue weighted by Crippen LogP contribution is -2.00. The Morgan fingerprint density at radius 3 is 1.88 bits per heavy atom. The molecule has 4 nitrogen and oxygen atoms in total. The Bertz CT molecular complexity index is 4140. The molecule has 14 rings (SSSR count). The number of furan rings is 2. The summed E-state index contributed by atoms with van der Waals surface area (Å²) in [6, 6.07) is 59.3. The number of hydrogen-bond donors (Lipinski definition) is 0. The Labute approximate surface area is 367 Å². The minimum Gasteiger partial charge on any atom is -0.456 e. The van der Waals surface area contributed by atoms with Crippen LogP contribution in [0.25, 0.3) is 122 Å². The third-order valence-corrected chi connectivity index (χ3v) is 13.5. The van der Waals surface area contributed by atoms with E-state index in [0.717, 1.165) is 90.3 Å². The first kappa shape index (κ1) is 35.1. The van der Waals surface area contributed by atoms with Gasteiger partial charge >= 0.3 is 0 Å². The largest absolute Gasteiger partial charge is 0.456 e. The lowest BCUT2D eigenvalue weighted by molar-refractivity contribution is 0.668. The summed E-state index contributed by atoms with van der Waals surface area (Å²) in [5, 5.41) is 8.31. The second-order valence-electron chi connectivity index (χ2n) is 17.0. The standard InChI is InChI=1S/C60H36N2O2/c1-2-11-37(12-3-1)39-13-10-14-40(33-39)38-21-25-43(26-22-38)61-51-18-7-4-17-49(51)59-53(61)31-32-54-60(59)50-34-41(42-23-28-47-45-15-5-8-19-55(45)63-57(47)35-42)24-30-52(50)62(54)44-27-29-48-46-16-6-9-20-56(46)64-58(48)36-44/h2,5-16,18-36H,4,17H2. The van der Waals surface area contributed by atoms with Crippen LogP contribution >= 0.6 is 0 Å². The van der Waals surface area contributed by atoms with Crippen molar-refractivity contribution in [3.05, 3.63) is 216 Å². The zero-order chi connectivity index (χ0) is 41.9. The third kappa shape index (κ3) is 5.19. The lowest BCUT2D eigenvalue weighted by atomic mass is 9.96. The van der Waals surface area contributed by atoms with Crippen molar-refractivity contribution in [3.8, 4) is 33.6 Å². The Hall–Kier alpha value is -8.52. The second-order valence-corrected chi connectivity index (χ2v) is 17.0. The summed E-state index contributed by atoms with van der Waals surface area (Å²) in [6.07, 6.45) is 12.6. The Kier molecular flexibility index (Phi) is 7.40. The van der Waals surface area contributed by atoms with Crippen molar-refractivity contribution in [1.82, 2.24) is 9.13 Å². The third-order valence-electron chi connectivity index (χ3n) is 13.5. The van der Waals surface area contributed by atoms with Gasteiger partial charge in [-0.25, -0.2) is 0 Å². The quantitative estimate of drug-likeness (QED) is 0.162. The summed E-state index contributed by atoms with van der Waals surface area (Å²) in [6.45, 7) is 0. The van der Waals surface area contributed by atoms with Crippen LogP contribution in [0.15, 0.2) is 208 Å². The number of para-hydroxylation sites is 2. The fourth-order valence-corrected chi connectivity index (χ4v) is 10.5. The van der Waals surface area contributed by atoms with E-state index < -0.39 is 0 Å². The summed E-state index contributed by atoms with van der Waals surface area (Å²) in [7, 11) is 0. The highest BCUT2D eigenvalue weighted by atomic mass is 16.3. The van der Waals surface area contributed by atoms with Gasteiger partial charge < -0.3 is 18.0 Å². The Balaban J connectivity index is 0.986. The van der Waals surface area contributed by atoms with E-state index in [9.17, 15) is 0 Å². The van der Waals surface area contributed by atoms with Crippen LogP contribution in [0.5, 0.6) is 0 Å². The van der Waals surface area contributed by atoms with E-state index in [1.165, 1.54) is 55.1 Å². The first-order chi connectivity index (χ1) is 31.7. The minimum atomic E-state index is 0.881. The molecule has 0 N–H and O–H groups in total. The average Bonchev–Trinajstić information content (AvgIpc) is 4.11. The molecule has 0 saturated carbocycles. The van der Waals surface area contributed by atoms with Crippen molar-refractivity contribution in [2.75, 3.05) is 0 Å². The zero-order valence-electron chi connectivity index (χ0n) is 34.6. The number of benzene rings is 8. The molecule has 0 saturated heterocycles. The summed E-state index contributed by atoms with van der Waals surface area (Å²) >= 11 is 0. The van der Waals surface area contributed by atoms with Crippen LogP contribution in [0, 0.1) is 0 Å². The van der Waals surface area contributed by atoms with E-state index in [4.69, 9.17) is 8.83 Å². The van der Waals surface area contributed by atoms with Crippen LogP contribution in [0.4, 0.5) is 0 Å². The summed E-state index contributed by atoms with van der Waals surface area (Å²) in [5.41, 5.74) is 25.0. The molecule has 64 heavy (non-hydrogen) atoms. The van der Waals surface area contributed by atoms with Crippen molar-refractivity contribution >= 4 is 88.2 Å². The van der Waals surface area contributed by atoms with E-state index in [1.54, 1.807) is 0 Å². The molecule has 0 spiro atoms. The summed E-state index contributed by atoms with van der Waals surface area (Å²) in [5.74, 6) is 0. The Morgan fingerprint density at radius 1 is 0.438 bits per heavy atom. The van der Waals surface area contributed by atoms with Gasteiger partial charge in [-0.15, -0.1) is 0 Å². The molecule has 12 aromatic rings. The number of aromatic nitrogens is 2. The van der Waals surface area contributed by atoms with Crippen molar-refractivity contribution in [2.24, 2.45) is 0 Å². The highest BCUT2D eigenvalue weighted by Gasteiger charge is 2.25. The maximum atomic E-state index is 6.47. The van der Waals surface area contributed by atoms with Crippen molar-refractivity contribution in [3.63, 3.8) is 0 Å². The monoisotopic (exact) mass is 816 g/mol. The van der Waals surface area contributed by atoms with Gasteiger partial charge in [0.05, 0.1) is 16.6 Å². The van der Waals surface area contributed by atoms with Crippen LogP contribution < -0.4 is 0 Å². The molecule has 4 heterocycles. The number of aryl methyl sites for hydroxylation is 1. The highest BCUT2D eigenvalue weighted by molar-refractivity contribution is 6.23. The lowest BCUT2D eigenvalue weighted by Gasteiger charge is -2.13. The van der Waals surface area contributed by atoms with Gasteiger partial charge in [-0.05, 0) is 155 Å². The van der Waals surface area contributed by atoms with E-state index >= 15 is 0 Å². The maximum absolute atomic E-state index is 6.47. The summed E-state index contributed by atoms with van der Waals surface area (Å²) < 4.78 is 17.8. The second kappa shape index (κ2) is 13.5. The molecule has 0 unspecified atom stereocenters. The van der Waals surface area contributed by atoms with Crippen molar-refractivity contribution < 1.29 is 8.83 Å². The molecule has 0 aliphatic heterocycles. The number of nitrogens with zero attached hydrogens (tertiary/aromatic N) is 2. The maximum Gasteiger partial charge on any atom is 0.137 e. The molecule has 0 bridgehead atoms. The smallest absolute Gasteiger partial charge is 0.137 e. The predicted molar refractivity (Wildman–Crippen MR) is 265 cm³/mol. The molecule has 4 aromatic heterocycles. The predicted octanol–water partition coefficient (Wildman–Crippen LogP) is 16.1. The summed E-state index contributed by atoms with van der Waals surface area (Å²) in [4.78, 5) is 0. The highest BCUT2D eigenvalue weighted by Crippen LogP contribution is 2.45. The van der Waals surface area contributed by atoms with Gasteiger partial charge in [-0.2, -0.15) is 0 Å². The topological polar surface area (TPSA) is 36.1 Å². The molecule has 298 valence electrons. The first-order valence-electron chi connectivity index (χ1n) is 22.0. The van der Waals surface area contributed by atoms with E-state index in [1.807, 2.05) is 36.4 Å². The first-order valence-corrected chi connectivity index (χ1v) is 22.0. The van der Waals surface area contributed by atoms with Crippen molar-refractivity contribution in [2.45, 2.75) is 12.8 Å². The van der Waals surface area contributed by atoms with E-state index in [2.05, 4.69) is 178 Å². The van der Waals surface area contributed by atoms with Gasteiger partial charge in [0.15, 0.2) is 0 Å². The molecule has 4 heteroatoms. The zero-order valence-corrected chi connectivity index (χ0v) is 34.6. The van der Waals surface area contributed by atoms with Gasteiger partial charge in [-0.1, -0.05) is 96.4 Å².